The summed E-state index contributed by atoms with van der Waals surface area (Å²) in [6.07, 6.45) is 0. The standard InChI is InChI=1S/C10H12BFO/c1-10(2,3)6-4-7(11)9(13)5-8(6)12/h4-5,13H,1-3H3. The second kappa shape index (κ2) is 3.06. The van der Waals surface area contributed by atoms with E-state index in [2.05, 4.69) is 0 Å². The average Bonchev–Trinajstić information content (AvgIpc) is 1.94. The first kappa shape index (κ1) is 10.1. The molecule has 1 nitrogen and oxygen atoms in total. The smallest absolute Gasteiger partial charge is 0.130 e. The number of hydrogen-bond acceptors (Lipinski definition) is 1. The van der Waals surface area contributed by atoms with Gasteiger partial charge in [-0.1, -0.05) is 32.3 Å². The fraction of sp³-hybridized carbons (Fsp3) is 0.400. The number of aromatic hydroxyl groups is 1. The van der Waals surface area contributed by atoms with Crippen LogP contribution >= 0.6 is 0 Å². The van der Waals surface area contributed by atoms with Gasteiger partial charge >= 0.3 is 0 Å². The Bertz CT molecular complexity index is 328. The van der Waals surface area contributed by atoms with E-state index in [4.69, 9.17) is 13.0 Å². The zero-order chi connectivity index (χ0) is 10.2. The van der Waals surface area contributed by atoms with Gasteiger partial charge in [-0.15, -0.1) is 0 Å². The van der Waals surface area contributed by atoms with Gasteiger partial charge in [0.2, 0.25) is 0 Å². The molecule has 0 aromatic heterocycles. The molecule has 0 saturated carbocycles. The van der Waals surface area contributed by atoms with Gasteiger partial charge < -0.3 is 5.11 Å². The first-order valence-electron chi connectivity index (χ1n) is 4.11. The van der Waals surface area contributed by atoms with Gasteiger partial charge in [-0.25, -0.2) is 4.39 Å². The van der Waals surface area contributed by atoms with E-state index in [1.165, 1.54) is 6.07 Å². The molecule has 0 heterocycles. The summed E-state index contributed by atoms with van der Waals surface area (Å²) >= 11 is 0. The van der Waals surface area contributed by atoms with Crippen molar-refractivity contribution >= 4 is 13.3 Å². The number of hydrogen-bond donors (Lipinski definition) is 1. The normalized spacial score (nSPS) is 11.7. The largest absolute Gasteiger partial charge is 0.508 e. The second-order valence-electron chi connectivity index (χ2n) is 4.14. The van der Waals surface area contributed by atoms with Crippen LogP contribution < -0.4 is 5.46 Å². The molecule has 0 aliphatic heterocycles. The Kier molecular flexibility index (Phi) is 2.37. The van der Waals surface area contributed by atoms with Crippen molar-refractivity contribution in [2.24, 2.45) is 0 Å². The molecule has 1 N–H and O–H groups in total. The highest BCUT2D eigenvalue weighted by molar-refractivity contribution is 6.34. The topological polar surface area (TPSA) is 20.2 Å². The van der Waals surface area contributed by atoms with Crippen LogP contribution in [-0.2, 0) is 5.41 Å². The van der Waals surface area contributed by atoms with Gasteiger partial charge in [0.05, 0.1) is 0 Å². The third-order valence-electron chi connectivity index (χ3n) is 1.92. The van der Waals surface area contributed by atoms with E-state index in [0.717, 1.165) is 6.07 Å². The van der Waals surface area contributed by atoms with E-state index < -0.39 is 5.82 Å². The Morgan fingerprint density at radius 3 is 2.31 bits per heavy atom. The predicted molar refractivity (Wildman–Crippen MR) is 52.2 cm³/mol. The van der Waals surface area contributed by atoms with Crippen LogP contribution in [0.5, 0.6) is 5.75 Å². The summed E-state index contributed by atoms with van der Waals surface area (Å²) in [6, 6.07) is 2.53. The Morgan fingerprint density at radius 1 is 1.31 bits per heavy atom. The Morgan fingerprint density at radius 2 is 1.85 bits per heavy atom. The molecule has 0 bridgehead atoms. The molecule has 0 amide bonds. The van der Waals surface area contributed by atoms with Crippen LogP contribution in [0.25, 0.3) is 0 Å². The highest BCUT2D eigenvalue weighted by Crippen LogP contribution is 2.25. The van der Waals surface area contributed by atoms with Crippen molar-refractivity contribution in [1.29, 1.82) is 0 Å². The van der Waals surface area contributed by atoms with E-state index in [1.807, 2.05) is 20.8 Å². The maximum absolute atomic E-state index is 13.3. The van der Waals surface area contributed by atoms with Crippen molar-refractivity contribution in [2.75, 3.05) is 0 Å². The average molecular weight is 178 g/mol. The predicted octanol–water partition coefficient (Wildman–Crippen LogP) is 1.62. The fourth-order valence-electron chi connectivity index (χ4n) is 1.15. The van der Waals surface area contributed by atoms with Crippen molar-refractivity contribution in [1.82, 2.24) is 0 Å². The fourth-order valence-corrected chi connectivity index (χ4v) is 1.15. The highest BCUT2D eigenvalue weighted by Gasteiger charge is 2.19. The van der Waals surface area contributed by atoms with Crippen LogP contribution in [0.2, 0.25) is 0 Å². The molecule has 3 heteroatoms. The summed E-state index contributed by atoms with van der Waals surface area (Å²) in [4.78, 5) is 0. The molecule has 0 saturated heterocycles. The summed E-state index contributed by atoms with van der Waals surface area (Å²) in [5, 5.41) is 9.13. The monoisotopic (exact) mass is 178 g/mol. The molecule has 1 aromatic rings. The zero-order valence-corrected chi connectivity index (χ0v) is 8.06. The third-order valence-corrected chi connectivity index (χ3v) is 1.92. The molecule has 0 atom stereocenters. The molecule has 0 aliphatic rings. The van der Waals surface area contributed by atoms with Crippen molar-refractivity contribution in [3.05, 3.63) is 23.5 Å². The van der Waals surface area contributed by atoms with E-state index in [1.54, 1.807) is 0 Å². The van der Waals surface area contributed by atoms with E-state index >= 15 is 0 Å². The van der Waals surface area contributed by atoms with Gasteiger partial charge in [-0.3, -0.25) is 0 Å². The second-order valence-corrected chi connectivity index (χ2v) is 4.14. The van der Waals surface area contributed by atoms with Crippen molar-refractivity contribution < 1.29 is 9.50 Å². The lowest BCUT2D eigenvalue weighted by Crippen LogP contribution is -2.17. The molecule has 0 unspecified atom stereocenters. The lowest BCUT2D eigenvalue weighted by Gasteiger charge is -2.20. The Labute approximate surface area is 79.0 Å². The van der Waals surface area contributed by atoms with Gasteiger partial charge in [0.25, 0.3) is 0 Å². The minimum atomic E-state index is -0.417. The van der Waals surface area contributed by atoms with Crippen LogP contribution in [0, 0.1) is 5.82 Å². The zero-order valence-electron chi connectivity index (χ0n) is 8.06. The maximum atomic E-state index is 13.3. The summed E-state index contributed by atoms with van der Waals surface area (Å²) in [7, 11) is 5.47. The Hall–Kier alpha value is -0.985. The van der Waals surface area contributed by atoms with Gasteiger partial charge in [-0.2, -0.15) is 0 Å². The number of rotatable bonds is 0. The van der Waals surface area contributed by atoms with Crippen LogP contribution in [0.1, 0.15) is 26.3 Å². The highest BCUT2D eigenvalue weighted by atomic mass is 19.1. The molecular formula is C10H12BFO. The van der Waals surface area contributed by atoms with Gasteiger partial charge in [0, 0.05) is 6.07 Å². The number of phenolic OH excluding ortho intramolecular Hbond substituents is 1. The number of phenols is 1. The number of halogens is 1. The summed E-state index contributed by atoms with van der Waals surface area (Å²) in [5.74, 6) is -0.621. The van der Waals surface area contributed by atoms with Gasteiger partial charge in [0.15, 0.2) is 0 Å². The summed E-state index contributed by atoms with van der Waals surface area (Å²) < 4.78 is 13.3. The Balaban J connectivity index is 3.32. The van der Waals surface area contributed by atoms with E-state index in [9.17, 15) is 4.39 Å². The molecular weight excluding hydrogens is 166 g/mol. The maximum Gasteiger partial charge on any atom is 0.130 e. The molecule has 0 fully saturated rings. The SMILES string of the molecule is [B]c1cc(C(C)(C)C)c(F)cc1O. The van der Waals surface area contributed by atoms with Crippen molar-refractivity contribution in [2.45, 2.75) is 26.2 Å². The van der Waals surface area contributed by atoms with E-state index in [-0.39, 0.29) is 16.6 Å². The van der Waals surface area contributed by atoms with Crippen LogP contribution in [0.3, 0.4) is 0 Å². The first-order valence-corrected chi connectivity index (χ1v) is 4.11. The minimum absolute atomic E-state index is 0.203. The lowest BCUT2D eigenvalue weighted by molar-refractivity contribution is 0.466. The first-order chi connectivity index (χ1) is 5.82. The van der Waals surface area contributed by atoms with Gasteiger partial charge in [-0.05, 0) is 11.0 Å². The van der Waals surface area contributed by atoms with Crippen LogP contribution in [0.4, 0.5) is 4.39 Å². The van der Waals surface area contributed by atoms with Crippen LogP contribution in [-0.4, -0.2) is 13.0 Å². The van der Waals surface area contributed by atoms with Crippen molar-refractivity contribution in [3.63, 3.8) is 0 Å². The summed E-state index contributed by atoms with van der Waals surface area (Å²) in [5.41, 5.74) is 0.431. The van der Waals surface area contributed by atoms with Crippen molar-refractivity contribution in [3.8, 4) is 5.75 Å². The molecule has 2 radical (unpaired) electrons. The van der Waals surface area contributed by atoms with E-state index in [0.29, 0.717) is 5.56 Å². The lowest BCUT2D eigenvalue weighted by atomic mass is 9.82. The molecule has 1 rings (SSSR count). The molecule has 0 aliphatic carbocycles. The molecule has 0 spiro atoms. The minimum Gasteiger partial charge on any atom is -0.508 e. The summed E-state index contributed by atoms with van der Waals surface area (Å²) in [6.45, 7) is 5.67. The van der Waals surface area contributed by atoms with Gasteiger partial charge in [0.1, 0.15) is 19.4 Å². The molecule has 1 aromatic carbocycles. The molecule has 68 valence electrons. The third kappa shape index (κ3) is 2.03. The number of benzene rings is 1. The quantitative estimate of drug-likeness (QED) is 0.598. The molecule has 13 heavy (non-hydrogen) atoms. The van der Waals surface area contributed by atoms with Crippen LogP contribution in [0.15, 0.2) is 12.1 Å².